The summed E-state index contributed by atoms with van der Waals surface area (Å²) < 4.78 is 0. The van der Waals surface area contributed by atoms with Gasteiger partial charge in [0, 0.05) is 26.9 Å². The maximum Gasteiger partial charge on any atom is 0.144 e. The minimum Gasteiger partial charge on any atom is -0.150 e. The largest absolute Gasteiger partial charge is 0.150 e. The Morgan fingerprint density at radius 2 is 1.00 bits per heavy atom. The van der Waals surface area contributed by atoms with Crippen LogP contribution in [0.25, 0.3) is 87.2 Å². The van der Waals surface area contributed by atoms with Gasteiger partial charge in [-0.15, -0.1) is 40.8 Å². The van der Waals surface area contributed by atoms with E-state index in [1.54, 1.807) is 0 Å². The molecule has 4 heterocycles. The van der Waals surface area contributed by atoms with E-state index < -0.39 is 0 Å². The van der Waals surface area contributed by atoms with Crippen molar-refractivity contribution in [2.45, 2.75) is 0 Å². The number of rotatable bonds is 0. The van der Waals surface area contributed by atoms with Gasteiger partial charge < -0.3 is 0 Å². The van der Waals surface area contributed by atoms with Crippen LogP contribution < -0.4 is 0 Å². The van der Waals surface area contributed by atoms with E-state index in [0.29, 0.717) is 0 Å². The lowest BCUT2D eigenvalue weighted by Gasteiger charge is -2.12. The molecule has 134 valence electrons. The van der Waals surface area contributed by atoms with Gasteiger partial charge in [0.15, 0.2) is 0 Å². The SMILES string of the molecule is c1cc2cc3cc4cc5c6nnc6c6nnc6c5c5nnc(c3c3nnc(c1)c23)c45. The zero-order chi connectivity index (χ0) is 19.1. The zero-order valence-corrected chi connectivity index (χ0v) is 15.0. The van der Waals surface area contributed by atoms with E-state index in [4.69, 9.17) is 0 Å². The molecule has 0 atom stereocenters. The molecule has 0 aliphatic carbocycles. The summed E-state index contributed by atoms with van der Waals surface area (Å²) in [6.45, 7) is 0. The van der Waals surface area contributed by atoms with Gasteiger partial charge in [0.05, 0.1) is 5.52 Å². The highest BCUT2D eigenvalue weighted by molar-refractivity contribution is 6.36. The predicted octanol–water partition coefficient (Wildman–Crippen LogP) is 3.82. The fraction of sp³-hybridized carbons (Fsp3) is 0. The molecule has 9 aromatic rings. The molecule has 0 aliphatic heterocycles. The summed E-state index contributed by atoms with van der Waals surface area (Å²) in [4.78, 5) is 0. The summed E-state index contributed by atoms with van der Waals surface area (Å²) in [5.74, 6) is 0. The molecule has 9 rings (SSSR count). The van der Waals surface area contributed by atoms with Crippen LogP contribution in [0.1, 0.15) is 0 Å². The Morgan fingerprint density at radius 1 is 0.400 bits per heavy atom. The summed E-state index contributed by atoms with van der Waals surface area (Å²) in [5.41, 5.74) is 6.77. The number of nitrogens with zero attached hydrogens (tertiary/aromatic N) is 8. The van der Waals surface area contributed by atoms with E-state index >= 15 is 0 Å². The Kier molecular flexibility index (Phi) is 1.87. The zero-order valence-electron chi connectivity index (χ0n) is 15.0. The lowest BCUT2D eigenvalue weighted by molar-refractivity contribution is 1.04. The van der Waals surface area contributed by atoms with E-state index in [2.05, 4.69) is 65.1 Å². The molecule has 0 radical (unpaired) electrons. The molecule has 5 aromatic carbocycles. The van der Waals surface area contributed by atoms with Crippen LogP contribution in [-0.2, 0) is 0 Å². The van der Waals surface area contributed by atoms with Crippen molar-refractivity contribution < 1.29 is 0 Å². The van der Waals surface area contributed by atoms with E-state index in [-0.39, 0.29) is 0 Å². The fourth-order valence-electron chi connectivity index (χ4n) is 5.13. The smallest absolute Gasteiger partial charge is 0.144 e. The standard InChI is InChI=1S/C22H6N8/c1-2-7-4-8-5-9-6-10-15(20-22(30-28-20)21-16(10)24-29-21)19-14(9)18(26-27-19)13(8)17-12(7)11(3-1)23-25-17/h1-6H. The Bertz CT molecular complexity index is 2120. The molecule has 4 aromatic heterocycles. The molecule has 0 aliphatic rings. The van der Waals surface area contributed by atoms with Crippen LogP contribution in [0.5, 0.6) is 0 Å². The average molecular weight is 382 g/mol. The molecule has 0 saturated carbocycles. The van der Waals surface area contributed by atoms with Crippen molar-refractivity contribution >= 4 is 87.2 Å². The monoisotopic (exact) mass is 382 g/mol. The molecule has 0 spiro atoms. The fourth-order valence-corrected chi connectivity index (χ4v) is 5.13. The molecule has 30 heavy (non-hydrogen) atoms. The number of hydrogen-bond acceptors (Lipinski definition) is 8. The average Bonchev–Trinajstić information content (AvgIpc) is 3.33. The van der Waals surface area contributed by atoms with Crippen LogP contribution in [0.4, 0.5) is 0 Å². The van der Waals surface area contributed by atoms with Crippen molar-refractivity contribution in [1.82, 2.24) is 40.8 Å². The van der Waals surface area contributed by atoms with Crippen LogP contribution in [0.15, 0.2) is 36.4 Å². The first kappa shape index (κ1) is 13.7. The molecule has 0 unspecified atom stereocenters. The first-order valence-corrected chi connectivity index (χ1v) is 9.56. The molecule has 0 bridgehead atoms. The molecule has 0 amide bonds. The third kappa shape index (κ3) is 1.26. The van der Waals surface area contributed by atoms with Gasteiger partial charge >= 0.3 is 0 Å². The second-order valence-corrected chi connectivity index (χ2v) is 7.86. The number of benzene rings is 5. The minimum absolute atomic E-state index is 0.801. The highest BCUT2D eigenvalue weighted by Gasteiger charge is 2.25. The Hall–Kier alpha value is -4.46. The summed E-state index contributed by atoms with van der Waals surface area (Å²) in [6, 6.07) is 12.6. The van der Waals surface area contributed by atoms with Crippen molar-refractivity contribution in [3.63, 3.8) is 0 Å². The third-order valence-corrected chi connectivity index (χ3v) is 6.44. The first-order chi connectivity index (χ1) is 14.9. The third-order valence-electron chi connectivity index (χ3n) is 6.44. The van der Waals surface area contributed by atoms with Gasteiger partial charge in [-0.05, 0) is 40.4 Å². The van der Waals surface area contributed by atoms with Crippen molar-refractivity contribution in [2.24, 2.45) is 0 Å². The maximum absolute atomic E-state index is 4.62. The van der Waals surface area contributed by atoms with Gasteiger partial charge in [0.2, 0.25) is 0 Å². The van der Waals surface area contributed by atoms with Crippen molar-refractivity contribution in [1.29, 1.82) is 0 Å². The number of hydrogen-bond donors (Lipinski definition) is 0. The lowest BCUT2D eigenvalue weighted by Crippen LogP contribution is -2.02. The summed E-state index contributed by atoms with van der Waals surface area (Å²) >= 11 is 0. The van der Waals surface area contributed by atoms with E-state index in [1.165, 1.54) is 0 Å². The highest BCUT2D eigenvalue weighted by atomic mass is 15.2. The molecule has 0 fully saturated rings. The molecule has 0 N–H and O–H groups in total. The van der Waals surface area contributed by atoms with Crippen LogP contribution in [-0.4, -0.2) is 40.8 Å². The van der Waals surface area contributed by atoms with Gasteiger partial charge in [0.1, 0.15) is 38.6 Å². The van der Waals surface area contributed by atoms with Crippen LogP contribution in [0.2, 0.25) is 0 Å². The number of fused-ring (bicyclic) bond motifs is 10. The second-order valence-electron chi connectivity index (χ2n) is 7.86. The second kappa shape index (κ2) is 4.11. The summed E-state index contributed by atoms with van der Waals surface area (Å²) in [5, 5.41) is 43.3. The van der Waals surface area contributed by atoms with E-state index in [0.717, 1.165) is 87.2 Å². The Morgan fingerprint density at radius 3 is 1.80 bits per heavy atom. The first-order valence-electron chi connectivity index (χ1n) is 9.56. The quantitative estimate of drug-likeness (QED) is 0.365. The highest BCUT2D eigenvalue weighted by Crippen LogP contribution is 2.43. The van der Waals surface area contributed by atoms with Gasteiger partial charge in [-0.25, -0.2) is 0 Å². The topological polar surface area (TPSA) is 103 Å². The Balaban J connectivity index is 1.62. The van der Waals surface area contributed by atoms with Crippen LogP contribution >= 0.6 is 0 Å². The molecular weight excluding hydrogens is 376 g/mol. The van der Waals surface area contributed by atoms with Crippen molar-refractivity contribution in [3.8, 4) is 0 Å². The van der Waals surface area contributed by atoms with Crippen molar-refractivity contribution in [2.75, 3.05) is 0 Å². The predicted molar refractivity (Wildman–Crippen MR) is 114 cm³/mol. The van der Waals surface area contributed by atoms with Gasteiger partial charge in [-0.3, -0.25) is 0 Å². The maximum atomic E-state index is 4.62. The van der Waals surface area contributed by atoms with Crippen LogP contribution in [0.3, 0.4) is 0 Å². The number of aromatic nitrogens is 8. The van der Waals surface area contributed by atoms with Crippen molar-refractivity contribution in [3.05, 3.63) is 36.4 Å². The van der Waals surface area contributed by atoms with Gasteiger partial charge in [-0.1, -0.05) is 12.1 Å². The molecule has 0 saturated heterocycles. The van der Waals surface area contributed by atoms with Gasteiger partial charge in [0.25, 0.3) is 0 Å². The Labute approximate surface area is 164 Å². The van der Waals surface area contributed by atoms with E-state index in [1.807, 2.05) is 12.1 Å². The van der Waals surface area contributed by atoms with E-state index in [9.17, 15) is 0 Å². The lowest BCUT2D eigenvalue weighted by atomic mass is 9.94. The molecular formula is C22H6N8. The summed E-state index contributed by atoms with van der Waals surface area (Å²) in [6.07, 6.45) is 0. The molecule has 8 nitrogen and oxygen atoms in total. The minimum atomic E-state index is 0.801. The van der Waals surface area contributed by atoms with Gasteiger partial charge in [-0.2, -0.15) is 0 Å². The van der Waals surface area contributed by atoms with Crippen LogP contribution in [0, 0.1) is 0 Å². The molecule has 8 heteroatoms. The normalized spacial score (nSPS) is 13.3. The summed E-state index contributed by atoms with van der Waals surface area (Å²) in [7, 11) is 0.